The summed E-state index contributed by atoms with van der Waals surface area (Å²) in [5, 5.41) is 3.66. The highest BCUT2D eigenvalue weighted by Gasteiger charge is 2.43. The van der Waals surface area contributed by atoms with Crippen LogP contribution in [0.1, 0.15) is 71.6 Å². The minimum absolute atomic E-state index is 0.109. The SMILES string of the molecule is CCC1(CC)CNCC2(CCCCCCC2)O1. The van der Waals surface area contributed by atoms with Crippen LogP contribution in [-0.2, 0) is 4.74 Å². The molecule has 0 aromatic carbocycles. The van der Waals surface area contributed by atoms with Crippen LogP contribution in [0.3, 0.4) is 0 Å². The summed E-state index contributed by atoms with van der Waals surface area (Å²) in [6.45, 7) is 6.66. The number of ether oxygens (including phenoxy) is 1. The van der Waals surface area contributed by atoms with Crippen molar-refractivity contribution in [1.29, 1.82) is 0 Å². The van der Waals surface area contributed by atoms with Gasteiger partial charge in [-0.1, -0.05) is 46.0 Å². The van der Waals surface area contributed by atoms with E-state index >= 15 is 0 Å². The Morgan fingerprint density at radius 1 is 0.882 bits per heavy atom. The van der Waals surface area contributed by atoms with Gasteiger partial charge in [0.05, 0.1) is 11.2 Å². The molecule has 100 valence electrons. The van der Waals surface area contributed by atoms with E-state index in [-0.39, 0.29) is 11.2 Å². The highest BCUT2D eigenvalue weighted by Crippen LogP contribution is 2.37. The normalized spacial score (nSPS) is 28.6. The molecule has 0 radical (unpaired) electrons. The zero-order valence-corrected chi connectivity index (χ0v) is 11.7. The standard InChI is InChI=1S/C15H29NO/c1-3-14(4-2)12-16-13-15(17-14)10-8-6-5-7-9-11-15/h16H,3-13H2,1-2H3. The molecule has 2 aliphatic rings. The molecular formula is C15H29NO. The molecule has 0 aromatic heterocycles. The predicted octanol–water partition coefficient (Wildman–Crippen LogP) is 3.65. The second-order valence-corrected chi connectivity index (χ2v) is 6.05. The first-order chi connectivity index (χ1) is 8.24. The molecule has 2 rings (SSSR count). The fourth-order valence-corrected chi connectivity index (χ4v) is 3.52. The van der Waals surface area contributed by atoms with E-state index in [1.165, 1.54) is 44.9 Å². The van der Waals surface area contributed by atoms with Gasteiger partial charge in [-0.25, -0.2) is 0 Å². The van der Waals surface area contributed by atoms with Gasteiger partial charge in [-0.3, -0.25) is 0 Å². The summed E-state index contributed by atoms with van der Waals surface area (Å²) in [6, 6.07) is 0. The van der Waals surface area contributed by atoms with Crippen molar-refractivity contribution in [2.45, 2.75) is 82.8 Å². The molecule has 0 aromatic rings. The number of hydrogen-bond acceptors (Lipinski definition) is 2. The minimum Gasteiger partial charge on any atom is -0.366 e. The molecule has 2 nitrogen and oxygen atoms in total. The zero-order valence-electron chi connectivity index (χ0n) is 11.7. The molecule has 1 aliphatic carbocycles. The highest BCUT2D eigenvalue weighted by molar-refractivity contribution is 4.96. The number of nitrogens with one attached hydrogen (secondary N) is 1. The van der Waals surface area contributed by atoms with Crippen molar-refractivity contribution < 1.29 is 4.74 Å². The number of rotatable bonds is 2. The van der Waals surface area contributed by atoms with Crippen LogP contribution in [-0.4, -0.2) is 24.3 Å². The lowest BCUT2D eigenvalue weighted by molar-refractivity contribution is -0.190. The Kier molecular flexibility index (Phi) is 4.48. The zero-order chi connectivity index (χ0) is 12.2. The van der Waals surface area contributed by atoms with Crippen LogP contribution in [0.15, 0.2) is 0 Å². The summed E-state index contributed by atoms with van der Waals surface area (Å²) in [7, 11) is 0. The molecule has 1 spiro atoms. The number of hydrogen-bond donors (Lipinski definition) is 1. The summed E-state index contributed by atoms with van der Waals surface area (Å²) in [4.78, 5) is 0. The molecule has 17 heavy (non-hydrogen) atoms. The van der Waals surface area contributed by atoms with E-state index in [1.54, 1.807) is 0 Å². The van der Waals surface area contributed by atoms with Crippen LogP contribution in [0.5, 0.6) is 0 Å². The van der Waals surface area contributed by atoms with Gasteiger partial charge < -0.3 is 10.1 Å². The van der Waals surface area contributed by atoms with Gasteiger partial charge in [0, 0.05) is 13.1 Å². The van der Waals surface area contributed by atoms with Gasteiger partial charge in [0.2, 0.25) is 0 Å². The molecule has 1 N–H and O–H groups in total. The minimum atomic E-state index is 0.109. The van der Waals surface area contributed by atoms with Gasteiger partial charge in [0.15, 0.2) is 0 Å². The molecular weight excluding hydrogens is 210 g/mol. The van der Waals surface area contributed by atoms with Crippen LogP contribution in [0, 0.1) is 0 Å². The highest BCUT2D eigenvalue weighted by atomic mass is 16.5. The predicted molar refractivity (Wildman–Crippen MR) is 72.3 cm³/mol. The van der Waals surface area contributed by atoms with E-state index in [4.69, 9.17) is 4.74 Å². The van der Waals surface area contributed by atoms with Crippen molar-refractivity contribution in [3.8, 4) is 0 Å². The lowest BCUT2D eigenvalue weighted by atomic mass is 9.83. The van der Waals surface area contributed by atoms with Crippen LogP contribution in [0.4, 0.5) is 0 Å². The van der Waals surface area contributed by atoms with Crippen LogP contribution < -0.4 is 5.32 Å². The first-order valence-corrected chi connectivity index (χ1v) is 7.65. The third-order valence-electron chi connectivity index (χ3n) is 4.88. The molecule has 2 heteroatoms. The van der Waals surface area contributed by atoms with Crippen molar-refractivity contribution in [1.82, 2.24) is 5.32 Å². The maximum Gasteiger partial charge on any atom is 0.0814 e. The molecule has 1 saturated carbocycles. The van der Waals surface area contributed by atoms with Crippen LogP contribution >= 0.6 is 0 Å². The Hall–Kier alpha value is -0.0800. The molecule has 0 amide bonds. The molecule has 0 bridgehead atoms. The molecule has 0 unspecified atom stereocenters. The summed E-state index contributed by atoms with van der Waals surface area (Å²) < 4.78 is 6.67. The van der Waals surface area contributed by atoms with E-state index in [1.807, 2.05) is 0 Å². The maximum atomic E-state index is 6.67. The molecule has 1 saturated heterocycles. The van der Waals surface area contributed by atoms with Crippen molar-refractivity contribution >= 4 is 0 Å². The second-order valence-electron chi connectivity index (χ2n) is 6.05. The summed E-state index contributed by atoms with van der Waals surface area (Å²) >= 11 is 0. The molecule has 0 atom stereocenters. The van der Waals surface area contributed by atoms with E-state index < -0.39 is 0 Å². The Bertz CT molecular complexity index is 227. The summed E-state index contributed by atoms with van der Waals surface area (Å²) in [6.07, 6.45) is 11.7. The van der Waals surface area contributed by atoms with Crippen molar-refractivity contribution in [2.24, 2.45) is 0 Å². The Morgan fingerprint density at radius 2 is 1.47 bits per heavy atom. The topological polar surface area (TPSA) is 21.3 Å². The van der Waals surface area contributed by atoms with Crippen molar-refractivity contribution in [3.63, 3.8) is 0 Å². The van der Waals surface area contributed by atoms with E-state index in [0.717, 1.165) is 25.9 Å². The summed E-state index contributed by atoms with van der Waals surface area (Å²) in [5.74, 6) is 0. The first-order valence-electron chi connectivity index (χ1n) is 7.65. The van der Waals surface area contributed by atoms with Crippen molar-refractivity contribution in [3.05, 3.63) is 0 Å². The fourth-order valence-electron chi connectivity index (χ4n) is 3.52. The van der Waals surface area contributed by atoms with Crippen LogP contribution in [0.2, 0.25) is 0 Å². The van der Waals surface area contributed by atoms with Gasteiger partial charge in [-0.05, 0) is 25.7 Å². The molecule has 1 aliphatic heterocycles. The lowest BCUT2D eigenvalue weighted by Crippen LogP contribution is -2.60. The number of morpholine rings is 1. The van der Waals surface area contributed by atoms with Gasteiger partial charge in [0.25, 0.3) is 0 Å². The monoisotopic (exact) mass is 239 g/mol. The third kappa shape index (κ3) is 3.03. The lowest BCUT2D eigenvalue weighted by Gasteiger charge is -2.49. The van der Waals surface area contributed by atoms with Gasteiger partial charge in [0.1, 0.15) is 0 Å². The smallest absolute Gasteiger partial charge is 0.0814 e. The quantitative estimate of drug-likeness (QED) is 0.794. The second kappa shape index (κ2) is 5.71. The van der Waals surface area contributed by atoms with Gasteiger partial charge in [-0.15, -0.1) is 0 Å². The Balaban J connectivity index is 2.06. The van der Waals surface area contributed by atoms with Crippen LogP contribution in [0.25, 0.3) is 0 Å². The third-order valence-corrected chi connectivity index (χ3v) is 4.88. The van der Waals surface area contributed by atoms with E-state index in [0.29, 0.717) is 0 Å². The fraction of sp³-hybridized carbons (Fsp3) is 1.00. The van der Waals surface area contributed by atoms with Gasteiger partial charge >= 0.3 is 0 Å². The average molecular weight is 239 g/mol. The van der Waals surface area contributed by atoms with E-state index in [2.05, 4.69) is 19.2 Å². The van der Waals surface area contributed by atoms with E-state index in [9.17, 15) is 0 Å². The Morgan fingerprint density at radius 3 is 2.06 bits per heavy atom. The first kappa shape index (κ1) is 13.4. The maximum absolute atomic E-state index is 6.67. The average Bonchev–Trinajstić information content (AvgIpc) is 2.35. The molecule has 1 heterocycles. The summed E-state index contributed by atoms with van der Waals surface area (Å²) in [5.41, 5.74) is 0.266. The Labute approximate surface area is 107 Å². The van der Waals surface area contributed by atoms with Gasteiger partial charge in [-0.2, -0.15) is 0 Å². The van der Waals surface area contributed by atoms with Crippen molar-refractivity contribution in [2.75, 3.05) is 13.1 Å². The largest absolute Gasteiger partial charge is 0.366 e. The molecule has 2 fully saturated rings.